The van der Waals surface area contributed by atoms with E-state index in [4.69, 9.17) is 5.73 Å². The number of rotatable bonds is 9. The van der Waals surface area contributed by atoms with Crippen LogP contribution in [0.5, 0.6) is 0 Å². The van der Waals surface area contributed by atoms with Gasteiger partial charge < -0.3 is 16.0 Å². The standard InChI is InChI=1S/C21H35N3O2S/c1-4-18(11-12-20(25)23-17-9-7-16(22)8-10-17)24(14-15(2)3)21(26)19-6-5-13-27-19/h5-6,13,15-18H,4,7-12,14,22H2,1-3H3,(H,23,25). The SMILES string of the molecule is CCC(CCC(=O)NC1CCC(N)CC1)N(CC(C)C)C(=O)c1cccs1. The summed E-state index contributed by atoms with van der Waals surface area (Å²) in [5, 5.41) is 5.10. The summed E-state index contributed by atoms with van der Waals surface area (Å²) < 4.78 is 0. The van der Waals surface area contributed by atoms with Crippen molar-refractivity contribution in [3.05, 3.63) is 22.4 Å². The van der Waals surface area contributed by atoms with Gasteiger partial charge in [0.1, 0.15) is 0 Å². The van der Waals surface area contributed by atoms with Crippen molar-refractivity contribution >= 4 is 23.2 Å². The van der Waals surface area contributed by atoms with Gasteiger partial charge in [0.2, 0.25) is 5.91 Å². The Morgan fingerprint density at radius 3 is 2.56 bits per heavy atom. The Morgan fingerprint density at radius 1 is 1.30 bits per heavy atom. The molecule has 1 fully saturated rings. The maximum atomic E-state index is 13.0. The van der Waals surface area contributed by atoms with Crippen molar-refractivity contribution in [1.82, 2.24) is 10.2 Å². The molecule has 5 nitrogen and oxygen atoms in total. The number of nitrogens with zero attached hydrogens (tertiary/aromatic N) is 1. The number of hydrogen-bond acceptors (Lipinski definition) is 4. The molecule has 0 radical (unpaired) electrons. The summed E-state index contributed by atoms with van der Waals surface area (Å²) >= 11 is 1.48. The third-order valence-electron chi connectivity index (χ3n) is 5.31. The summed E-state index contributed by atoms with van der Waals surface area (Å²) in [7, 11) is 0. The molecular formula is C21H35N3O2S. The molecule has 1 heterocycles. The molecule has 2 amide bonds. The van der Waals surface area contributed by atoms with E-state index >= 15 is 0 Å². The van der Waals surface area contributed by atoms with Crippen molar-refractivity contribution in [2.75, 3.05) is 6.54 Å². The molecule has 0 aromatic carbocycles. The number of amides is 2. The molecule has 0 bridgehead atoms. The second-order valence-electron chi connectivity index (χ2n) is 8.11. The van der Waals surface area contributed by atoms with Crippen molar-refractivity contribution in [3.8, 4) is 0 Å². The minimum Gasteiger partial charge on any atom is -0.353 e. The lowest BCUT2D eigenvalue weighted by Gasteiger charge is -2.33. The van der Waals surface area contributed by atoms with Crippen molar-refractivity contribution in [1.29, 1.82) is 0 Å². The van der Waals surface area contributed by atoms with Crippen LogP contribution < -0.4 is 11.1 Å². The van der Waals surface area contributed by atoms with Gasteiger partial charge in [-0.25, -0.2) is 0 Å². The van der Waals surface area contributed by atoms with E-state index in [-0.39, 0.29) is 29.9 Å². The van der Waals surface area contributed by atoms with Crippen LogP contribution in [0.3, 0.4) is 0 Å². The zero-order chi connectivity index (χ0) is 19.8. The Labute approximate surface area is 167 Å². The topological polar surface area (TPSA) is 75.4 Å². The summed E-state index contributed by atoms with van der Waals surface area (Å²) in [5.74, 6) is 0.581. The highest BCUT2D eigenvalue weighted by Crippen LogP contribution is 2.21. The van der Waals surface area contributed by atoms with E-state index in [1.807, 2.05) is 22.4 Å². The van der Waals surface area contributed by atoms with Gasteiger partial charge in [0.25, 0.3) is 5.91 Å². The van der Waals surface area contributed by atoms with Gasteiger partial charge in [-0.3, -0.25) is 9.59 Å². The van der Waals surface area contributed by atoms with Gasteiger partial charge in [0, 0.05) is 31.1 Å². The van der Waals surface area contributed by atoms with Crippen LogP contribution >= 0.6 is 11.3 Å². The zero-order valence-corrected chi connectivity index (χ0v) is 17.8. The van der Waals surface area contributed by atoms with Gasteiger partial charge in [-0.1, -0.05) is 26.8 Å². The first-order chi connectivity index (χ1) is 12.9. The third-order valence-corrected chi connectivity index (χ3v) is 6.17. The average Bonchev–Trinajstić information content (AvgIpc) is 3.17. The Kier molecular flexibility index (Phi) is 8.77. The van der Waals surface area contributed by atoms with Crippen LogP contribution in [0.4, 0.5) is 0 Å². The molecule has 27 heavy (non-hydrogen) atoms. The molecule has 1 saturated carbocycles. The van der Waals surface area contributed by atoms with Gasteiger partial charge in [0.15, 0.2) is 0 Å². The largest absolute Gasteiger partial charge is 0.353 e. The Morgan fingerprint density at radius 2 is 2.00 bits per heavy atom. The van der Waals surface area contributed by atoms with Crippen LogP contribution in [0.2, 0.25) is 0 Å². The molecule has 0 saturated heterocycles. The fourth-order valence-electron chi connectivity index (χ4n) is 3.77. The summed E-state index contributed by atoms with van der Waals surface area (Å²) in [6.45, 7) is 7.07. The lowest BCUT2D eigenvalue weighted by molar-refractivity contribution is -0.122. The van der Waals surface area contributed by atoms with E-state index in [9.17, 15) is 9.59 Å². The molecule has 0 aliphatic heterocycles. The second-order valence-corrected chi connectivity index (χ2v) is 9.06. The van der Waals surface area contributed by atoms with Gasteiger partial charge in [-0.15, -0.1) is 11.3 Å². The smallest absolute Gasteiger partial charge is 0.264 e. The highest BCUT2D eigenvalue weighted by atomic mass is 32.1. The van der Waals surface area contributed by atoms with Crippen LogP contribution in [0.1, 0.15) is 75.4 Å². The summed E-state index contributed by atoms with van der Waals surface area (Å²) in [4.78, 5) is 28.1. The second kappa shape index (κ2) is 10.8. The van der Waals surface area contributed by atoms with E-state index in [0.29, 0.717) is 18.8 Å². The monoisotopic (exact) mass is 393 g/mol. The van der Waals surface area contributed by atoms with Gasteiger partial charge in [-0.05, 0) is 55.9 Å². The maximum Gasteiger partial charge on any atom is 0.264 e. The van der Waals surface area contributed by atoms with Crippen molar-refractivity contribution in [2.45, 2.75) is 83.8 Å². The fourth-order valence-corrected chi connectivity index (χ4v) is 4.45. The molecule has 152 valence electrons. The molecule has 1 unspecified atom stereocenters. The molecule has 2 rings (SSSR count). The first-order valence-corrected chi connectivity index (χ1v) is 11.2. The van der Waals surface area contributed by atoms with E-state index in [1.165, 1.54) is 11.3 Å². The third kappa shape index (κ3) is 6.92. The zero-order valence-electron chi connectivity index (χ0n) is 16.9. The Bertz CT molecular complexity index is 580. The van der Waals surface area contributed by atoms with E-state index in [1.54, 1.807) is 0 Å². The van der Waals surface area contributed by atoms with Gasteiger partial charge >= 0.3 is 0 Å². The highest BCUT2D eigenvalue weighted by molar-refractivity contribution is 7.12. The first-order valence-electron chi connectivity index (χ1n) is 10.3. The van der Waals surface area contributed by atoms with Crippen molar-refractivity contribution in [3.63, 3.8) is 0 Å². The van der Waals surface area contributed by atoms with E-state index < -0.39 is 0 Å². The maximum absolute atomic E-state index is 13.0. The average molecular weight is 394 g/mol. The Balaban J connectivity index is 1.91. The molecule has 1 atom stereocenters. The molecule has 0 spiro atoms. The van der Waals surface area contributed by atoms with Crippen LogP contribution in [0.25, 0.3) is 0 Å². The first kappa shape index (κ1) is 21.9. The van der Waals surface area contributed by atoms with Crippen LogP contribution in [0, 0.1) is 5.92 Å². The summed E-state index contributed by atoms with van der Waals surface area (Å²) in [6.07, 6.45) is 5.95. The number of carbonyl (C=O) groups excluding carboxylic acids is 2. The van der Waals surface area contributed by atoms with E-state index in [0.717, 1.165) is 43.5 Å². The van der Waals surface area contributed by atoms with Crippen molar-refractivity contribution < 1.29 is 9.59 Å². The van der Waals surface area contributed by atoms with Gasteiger partial charge in [-0.2, -0.15) is 0 Å². The molecule has 3 N–H and O–H groups in total. The lowest BCUT2D eigenvalue weighted by atomic mass is 9.91. The Hall–Kier alpha value is -1.40. The fraction of sp³-hybridized carbons (Fsp3) is 0.714. The number of carbonyl (C=O) groups is 2. The quantitative estimate of drug-likeness (QED) is 0.670. The number of hydrogen-bond donors (Lipinski definition) is 2. The minimum absolute atomic E-state index is 0.0900. The highest BCUT2D eigenvalue weighted by Gasteiger charge is 2.26. The van der Waals surface area contributed by atoms with Crippen molar-refractivity contribution in [2.24, 2.45) is 11.7 Å². The lowest BCUT2D eigenvalue weighted by Crippen LogP contribution is -2.44. The number of thiophene rings is 1. The number of nitrogens with two attached hydrogens (primary N) is 1. The predicted molar refractivity (Wildman–Crippen MR) is 112 cm³/mol. The van der Waals surface area contributed by atoms with Crippen LogP contribution in [-0.4, -0.2) is 41.4 Å². The minimum atomic E-state index is 0.0900. The van der Waals surface area contributed by atoms with E-state index in [2.05, 4.69) is 26.1 Å². The molecule has 1 aliphatic carbocycles. The molecule has 1 aromatic rings. The molecule has 6 heteroatoms. The van der Waals surface area contributed by atoms with Crippen LogP contribution in [-0.2, 0) is 4.79 Å². The molecule has 1 aliphatic rings. The molecule has 1 aromatic heterocycles. The molecular weight excluding hydrogens is 358 g/mol. The summed E-state index contributed by atoms with van der Waals surface area (Å²) in [5.41, 5.74) is 5.94. The predicted octanol–water partition coefficient (Wildman–Crippen LogP) is 3.79. The van der Waals surface area contributed by atoms with Crippen LogP contribution in [0.15, 0.2) is 17.5 Å². The normalized spacial score (nSPS) is 21.1. The summed E-state index contributed by atoms with van der Waals surface area (Å²) in [6, 6.07) is 4.43. The van der Waals surface area contributed by atoms with Gasteiger partial charge in [0.05, 0.1) is 4.88 Å². The number of nitrogens with one attached hydrogen (secondary N) is 1.